The highest BCUT2D eigenvalue weighted by atomic mass is 28.3. The van der Waals surface area contributed by atoms with Crippen LogP contribution in [0.4, 0.5) is 5.69 Å². The topological polar surface area (TPSA) is 3.24 Å². The Morgan fingerprint density at radius 1 is 1.08 bits per heavy atom. The summed E-state index contributed by atoms with van der Waals surface area (Å²) in [6.45, 7) is 7.19. The highest BCUT2D eigenvalue weighted by Crippen LogP contribution is 2.13. The fraction of sp³-hybridized carbons (Fsp3) is 0.455. The second-order valence-corrected chi connectivity index (χ2v) is 10.2. The molecule has 0 saturated carbocycles. The van der Waals surface area contributed by atoms with E-state index in [4.69, 9.17) is 0 Å². The Balaban J connectivity index is 2.64. The second kappa shape index (κ2) is 3.96. The van der Waals surface area contributed by atoms with Gasteiger partial charge in [-0.2, -0.15) is 0 Å². The van der Waals surface area contributed by atoms with E-state index >= 15 is 0 Å². The summed E-state index contributed by atoms with van der Waals surface area (Å²) in [5.41, 5.74) is 1.32. The van der Waals surface area contributed by atoms with E-state index in [0.717, 1.165) is 0 Å². The fourth-order valence-electron chi connectivity index (χ4n) is 1.49. The third-order valence-electron chi connectivity index (χ3n) is 1.91. The molecule has 0 radical (unpaired) electrons. The summed E-state index contributed by atoms with van der Waals surface area (Å²) in [7, 11) is 1.20. The molecule has 0 atom stereocenters. The van der Waals surface area contributed by atoms with Gasteiger partial charge in [0.25, 0.3) is 0 Å². The standard InChI is InChI=1S/C11H19NSi/c1-12(10-13(2,3)4)11-8-6-5-7-9-11/h5-9H,10H2,1-4H3. The molecule has 0 aromatic heterocycles. The number of para-hydroxylation sites is 1. The zero-order valence-electron chi connectivity index (χ0n) is 9.04. The number of nitrogens with zero attached hydrogens (tertiary/aromatic N) is 1. The molecule has 0 bridgehead atoms. The van der Waals surface area contributed by atoms with Crippen LogP contribution in [0.15, 0.2) is 30.3 Å². The van der Waals surface area contributed by atoms with Gasteiger partial charge in [-0.25, -0.2) is 0 Å². The maximum atomic E-state index is 2.40. The predicted octanol–water partition coefficient (Wildman–Crippen LogP) is 3.00. The van der Waals surface area contributed by atoms with Crippen LogP contribution in [-0.4, -0.2) is 21.3 Å². The average molecular weight is 193 g/mol. The van der Waals surface area contributed by atoms with Crippen LogP contribution in [0.2, 0.25) is 19.6 Å². The minimum atomic E-state index is -0.977. The maximum absolute atomic E-state index is 2.40. The molecule has 0 spiro atoms. The number of hydrogen-bond donors (Lipinski definition) is 0. The Morgan fingerprint density at radius 3 is 2.08 bits per heavy atom. The minimum Gasteiger partial charge on any atom is -0.378 e. The van der Waals surface area contributed by atoms with Gasteiger partial charge in [-0.05, 0) is 12.1 Å². The molecule has 0 aliphatic heterocycles. The van der Waals surface area contributed by atoms with Crippen molar-refractivity contribution < 1.29 is 0 Å². The smallest absolute Gasteiger partial charge is 0.0665 e. The van der Waals surface area contributed by atoms with E-state index in [1.165, 1.54) is 11.9 Å². The van der Waals surface area contributed by atoms with Gasteiger partial charge >= 0.3 is 0 Å². The van der Waals surface area contributed by atoms with Crippen LogP contribution in [0.5, 0.6) is 0 Å². The first-order valence-electron chi connectivity index (χ1n) is 4.75. The third-order valence-corrected chi connectivity index (χ3v) is 3.33. The number of hydrogen-bond acceptors (Lipinski definition) is 1. The van der Waals surface area contributed by atoms with E-state index in [-0.39, 0.29) is 0 Å². The quantitative estimate of drug-likeness (QED) is 0.667. The SMILES string of the molecule is CN(C[Si](C)(C)C)c1ccccc1. The molecule has 0 amide bonds. The maximum Gasteiger partial charge on any atom is 0.0665 e. The molecule has 1 aromatic rings. The van der Waals surface area contributed by atoms with Crippen LogP contribution in [0.3, 0.4) is 0 Å². The van der Waals surface area contributed by atoms with Crippen molar-refractivity contribution in [1.82, 2.24) is 0 Å². The van der Waals surface area contributed by atoms with Crippen molar-refractivity contribution in [2.24, 2.45) is 0 Å². The highest BCUT2D eigenvalue weighted by molar-refractivity contribution is 6.76. The third kappa shape index (κ3) is 3.64. The lowest BCUT2D eigenvalue weighted by Crippen LogP contribution is -2.37. The molecule has 0 aliphatic rings. The molecule has 0 fully saturated rings. The van der Waals surface area contributed by atoms with E-state index in [1.54, 1.807) is 0 Å². The van der Waals surface area contributed by atoms with Crippen molar-refractivity contribution in [3.63, 3.8) is 0 Å². The lowest BCUT2D eigenvalue weighted by atomic mass is 10.3. The van der Waals surface area contributed by atoms with E-state index in [0.29, 0.717) is 0 Å². The summed E-state index contributed by atoms with van der Waals surface area (Å²) in [6, 6.07) is 10.6. The number of rotatable bonds is 3. The molecular formula is C11H19NSi. The summed E-state index contributed by atoms with van der Waals surface area (Å²) in [6.07, 6.45) is 1.22. The Labute approximate surface area is 82.4 Å². The van der Waals surface area contributed by atoms with E-state index in [1.807, 2.05) is 0 Å². The highest BCUT2D eigenvalue weighted by Gasteiger charge is 2.15. The van der Waals surface area contributed by atoms with Crippen molar-refractivity contribution >= 4 is 13.8 Å². The van der Waals surface area contributed by atoms with Crippen molar-refractivity contribution in [3.8, 4) is 0 Å². The largest absolute Gasteiger partial charge is 0.378 e. The zero-order chi connectivity index (χ0) is 9.90. The summed E-state index contributed by atoms with van der Waals surface area (Å²) >= 11 is 0. The molecule has 1 rings (SSSR count). The lowest BCUT2D eigenvalue weighted by molar-refractivity contribution is 1.06. The summed E-state index contributed by atoms with van der Waals surface area (Å²) < 4.78 is 0. The van der Waals surface area contributed by atoms with Crippen LogP contribution in [0.1, 0.15) is 0 Å². The molecule has 0 N–H and O–H groups in total. The molecule has 72 valence electrons. The molecule has 0 heterocycles. The molecule has 1 nitrogen and oxygen atoms in total. The van der Waals surface area contributed by atoms with Crippen LogP contribution in [0, 0.1) is 0 Å². The Hall–Kier alpha value is -0.763. The van der Waals surface area contributed by atoms with Crippen molar-refractivity contribution in [2.45, 2.75) is 19.6 Å². The first-order chi connectivity index (χ1) is 5.99. The van der Waals surface area contributed by atoms with Gasteiger partial charge < -0.3 is 4.90 Å². The van der Waals surface area contributed by atoms with E-state index in [9.17, 15) is 0 Å². The number of benzene rings is 1. The molecular weight excluding hydrogens is 174 g/mol. The van der Waals surface area contributed by atoms with Crippen LogP contribution in [0.25, 0.3) is 0 Å². The average Bonchev–Trinajstić information content (AvgIpc) is 2.03. The molecule has 0 unspecified atom stereocenters. The first-order valence-corrected chi connectivity index (χ1v) is 8.46. The van der Waals surface area contributed by atoms with E-state index in [2.05, 4.69) is 61.9 Å². The van der Waals surface area contributed by atoms with Gasteiger partial charge in [-0.3, -0.25) is 0 Å². The first kappa shape index (κ1) is 10.3. The summed E-state index contributed by atoms with van der Waals surface area (Å²) in [5.74, 6) is 0. The fourth-order valence-corrected chi connectivity index (χ4v) is 3.09. The van der Waals surface area contributed by atoms with Crippen LogP contribution in [-0.2, 0) is 0 Å². The lowest BCUT2D eigenvalue weighted by Gasteiger charge is -2.26. The number of anilines is 1. The van der Waals surface area contributed by atoms with Gasteiger partial charge in [0.05, 0.1) is 8.07 Å². The summed E-state index contributed by atoms with van der Waals surface area (Å²) in [5, 5.41) is 0. The monoisotopic (exact) mass is 193 g/mol. The zero-order valence-corrected chi connectivity index (χ0v) is 10.0. The van der Waals surface area contributed by atoms with Crippen LogP contribution < -0.4 is 4.90 Å². The van der Waals surface area contributed by atoms with Gasteiger partial charge in [0.1, 0.15) is 0 Å². The van der Waals surface area contributed by atoms with E-state index < -0.39 is 8.07 Å². The molecule has 1 aromatic carbocycles. The normalized spacial score (nSPS) is 11.4. The molecule has 0 aliphatic carbocycles. The van der Waals surface area contributed by atoms with Gasteiger partial charge in [-0.15, -0.1) is 0 Å². The van der Waals surface area contributed by atoms with Crippen molar-refractivity contribution in [1.29, 1.82) is 0 Å². The molecule has 2 heteroatoms. The van der Waals surface area contributed by atoms with Gasteiger partial charge in [0, 0.05) is 18.9 Å². The predicted molar refractivity (Wildman–Crippen MR) is 63.1 cm³/mol. The van der Waals surface area contributed by atoms with Crippen molar-refractivity contribution in [3.05, 3.63) is 30.3 Å². The Kier molecular flexibility index (Phi) is 3.15. The van der Waals surface area contributed by atoms with Gasteiger partial charge in [0.2, 0.25) is 0 Å². The molecule has 0 saturated heterocycles. The van der Waals surface area contributed by atoms with Crippen LogP contribution >= 0.6 is 0 Å². The van der Waals surface area contributed by atoms with Crippen molar-refractivity contribution in [2.75, 3.05) is 18.1 Å². The van der Waals surface area contributed by atoms with Gasteiger partial charge in [0.15, 0.2) is 0 Å². The minimum absolute atomic E-state index is 0.977. The molecule has 13 heavy (non-hydrogen) atoms. The Bertz CT molecular complexity index is 251. The second-order valence-electron chi connectivity index (χ2n) is 4.75. The van der Waals surface area contributed by atoms with Gasteiger partial charge in [-0.1, -0.05) is 37.8 Å². The Morgan fingerprint density at radius 2 is 1.62 bits per heavy atom. The summed E-state index contributed by atoms with van der Waals surface area (Å²) in [4.78, 5) is 2.35.